The molecule has 1 atom stereocenters. The second-order valence-electron chi connectivity index (χ2n) is 8.20. The molecule has 0 spiro atoms. The zero-order valence-corrected chi connectivity index (χ0v) is 22.4. The van der Waals surface area contributed by atoms with Crippen molar-refractivity contribution in [3.05, 3.63) is 105 Å². The minimum Gasteiger partial charge on any atom is -0.507 e. The van der Waals surface area contributed by atoms with E-state index in [0.29, 0.717) is 26.2 Å². The minimum atomic E-state index is -0.981. The van der Waals surface area contributed by atoms with Crippen LogP contribution in [0.25, 0.3) is 5.76 Å². The fourth-order valence-electron chi connectivity index (χ4n) is 3.88. The number of halogens is 2. The number of nitrogens with zero attached hydrogens (tertiary/aromatic N) is 4. The second kappa shape index (κ2) is 10.6. The molecule has 0 radical (unpaired) electrons. The van der Waals surface area contributed by atoms with Crippen molar-refractivity contribution < 1.29 is 14.7 Å². The lowest BCUT2D eigenvalue weighted by atomic mass is 9.96. The smallest absolute Gasteiger partial charge is 0.301 e. The number of thioether (sulfide) groups is 1. The van der Waals surface area contributed by atoms with Crippen molar-refractivity contribution in [2.75, 3.05) is 4.90 Å². The molecular formula is C26H18Cl2N4O3S2. The first-order valence-corrected chi connectivity index (χ1v) is 13.6. The molecule has 1 N–H and O–H groups in total. The van der Waals surface area contributed by atoms with E-state index in [1.54, 1.807) is 30.3 Å². The highest BCUT2D eigenvalue weighted by Crippen LogP contribution is 2.45. The summed E-state index contributed by atoms with van der Waals surface area (Å²) in [5.74, 6) is -1.31. The van der Waals surface area contributed by atoms with Crippen molar-refractivity contribution >= 4 is 68.9 Å². The van der Waals surface area contributed by atoms with Crippen molar-refractivity contribution in [1.82, 2.24) is 15.2 Å². The number of aliphatic hydroxyl groups excluding tert-OH is 1. The molecule has 37 heavy (non-hydrogen) atoms. The molecule has 1 amide bonds. The van der Waals surface area contributed by atoms with Gasteiger partial charge >= 0.3 is 5.91 Å². The number of benzene rings is 2. The van der Waals surface area contributed by atoms with Gasteiger partial charge in [-0.25, -0.2) is 0 Å². The van der Waals surface area contributed by atoms with Crippen LogP contribution < -0.4 is 4.90 Å². The van der Waals surface area contributed by atoms with Gasteiger partial charge in [-0.15, -0.1) is 10.2 Å². The molecule has 7 nitrogen and oxygen atoms in total. The van der Waals surface area contributed by atoms with E-state index in [4.69, 9.17) is 23.2 Å². The van der Waals surface area contributed by atoms with Crippen LogP contribution in [0.2, 0.25) is 10.0 Å². The number of rotatable bonds is 6. The molecule has 2 aromatic carbocycles. The van der Waals surface area contributed by atoms with Gasteiger partial charge in [0.05, 0.1) is 21.7 Å². The van der Waals surface area contributed by atoms with Gasteiger partial charge in [0.2, 0.25) is 5.13 Å². The molecule has 2 aromatic heterocycles. The van der Waals surface area contributed by atoms with Crippen LogP contribution >= 0.6 is 46.3 Å². The normalized spacial score (nSPS) is 16.9. The van der Waals surface area contributed by atoms with Gasteiger partial charge in [-0.3, -0.25) is 19.5 Å². The van der Waals surface area contributed by atoms with Gasteiger partial charge < -0.3 is 5.11 Å². The molecule has 3 heterocycles. The Morgan fingerprint density at radius 2 is 1.76 bits per heavy atom. The van der Waals surface area contributed by atoms with Crippen LogP contribution in [0.15, 0.2) is 76.9 Å². The Bertz CT molecular complexity index is 1520. The lowest BCUT2D eigenvalue weighted by molar-refractivity contribution is -0.132. The number of aliphatic hydroxyl groups is 1. The molecule has 1 aliphatic rings. The number of aryl methyl sites for hydroxylation is 1. The summed E-state index contributed by atoms with van der Waals surface area (Å²) in [5, 5.41) is 20.4. The first-order chi connectivity index (χ1) is 17.8. The van der Waals surface area contributed by atoms with Gasteiger partial charge in [0.25, 0.3) is 5.78 Å². The van der Waals surface area contributed by atoms with Gasteiger partial charge in [0.1, 0.15) is 5.76 Å². The summed E-state index contributed by atoms with van der Waals surface area (Å²) in [7, 11) is 0. The number of amides is 1. The van der Waals surface area contributed by atoms with Gasteiger partial charge in [-0.1, -0.05) is 82.2 Å². The Morgan fingerprint density at radius 1 is 1.03 bits per heavy atom. The zero-order chi connectivity index (χ0) is 26.1. The summed E-state index contributed by atoms with van der Waals surface area (Å²) in [6.45, 7) is 2.03. The van der Waals surface area contributed by atoms with Crippen LogP contribution in [0.5, 0.6) is 0 Å². The van der Waals surface area contributed by atoms with E-state index in [2.05, 4.69) is 15.2 Å². The SMILES string of the molecule is Cc1ccc(CSc2nnc(N3C(=O)C(=O)C(=C(O)c4ccncc4)C3c3ccc(Cl)c(Cl)c3)s2)cc1. The van der Waals surface area contributed by atoms with E-state index < -0.39 is 17.7 Å². The number of hydrogen-bond donors (Lipinski definition) is 1. The molecule has 5 rings (SSSR count). The van der Waals surface area contributed by atoms with E-state index in [0.717, 1.165) is 5.56 Å². The molecule has 1 unspecified atom stereocenters. The Morgan fingerprint density at radius 3 is 2.46 bits per heavy atom. The molecule has 186 valence electrons. The molecule has 11 heteroatoms. The summed E-state index contributed by atoms with van der Waals surface area (Å²) in [4.78, 5) is 31.8. The zero-order valence-electron chi connectivity index (χ0n) is 19.3. The fourth-order valence-corrected chi connectivity index (χ4v) is 6.01. The average molecular weight is 569 g/mol. The molecule has 1 aliphatic heterocycles. The number of pyridine rings is 1. The van der Waals surface area contributed by atoms with E-state index >= 15 is 0 Å². The average Bonchev–Trinajstić information content (AvgIpc) is 3.47. The van der Waals surface area contributed by atoms with Crippen molar-refractivity contribution in [2.24, 2.45) is 0 Å². The first-order valence-electron chi connectivity index (χ1n) is 11.0. The lowest BCUT2D eigenvalue weighted by Crippen LogP contribution is -2.29. The maximum Gasteiger partial charge on any atom is 0.301 e. The van der Waals surface area contributed by atoms with E-state index in [-0.39, 0.29) is 21.5 Å². The number of carbonyl (C=O) groups is 2. The summed E-state index contributed by atoms with van der Waals surface area (Å²) in [6, 6.07) is 15.1. The molecule has 1 fully saturated rings. The van der Waals surface area contributed by atoms with Gasteiger partial charge in [-0.05, 0) is 42.3 Å². The monoisotopic (exact) mass is 568 g/mol. The number of hydrogen-bond acceptors (Lipinski definition) is 8. The number of ketones is 1. The largest absolute Gasteiger partial charge is 0.507 e. The van der Waals surface area contributed by atoms with Gasteiger partial charge in [-0.2, -0.15) is 0 Å². The van der Waals surface area contributed by atoms with Crippen molar-refractivity contribution in [3.8, 4) is 0 Å². The Balaban J connectivity index is 1.54. The highest BCUT2D eigenvalue weighted by atomic mass is 35.5. The lowest BCUT2D eigenvalue weighted by Gasteiger charge is -2.22. The Labute approximate surface area is 230 Å². The summed E-state index contributed by atoms with van der Waals surface area (Å²) >= 11 is 15.1. The van der Waals surface area contributed by atoms with Crippen molar-refractivity contribution in [2.45, 2.75) is 23.1 Å². The van der Waals surface area contributed by atoms with Crippen LogP contribution in [0.3, 0.4) is 0 Å². The molecule has 0 saturated carbocycles. The Kier molecular flexibility index (Phi) is 7.30. The van der Waals surface area contributed by atoms with E-state index in [9.17, 15) is 14.7 Å². The van der Waals surface area contributed by atoms with Crippen LogP contribution in [-0.4, -0.2) is 32.0 Å². The second-order valence-corrected chi connectivity index (χ2v) is 11.2. The molecular weight excluding hydrogens is 551 g/mol. The molecule has 0 aliphatic carbocycles. The van der Waals surface area contributed by atoms with Crippen molar-refractivity contribution in [1.29, 1.82) is 0 Å². The summed E-state index contributed by atoms with van der Waals surface area (Å²) in [5.41, 5.74) is 3.06. The predicted octanol–water partition coefficient (Wildman–Crippen LogP) is 6.47. The van der Waals surface area contributed by atoms with Crippen molar-refractivity contribution in [3.63, 3.8) is 0 Å². The van der Waals surface area contributed by atoms with Gasteiger partial charge in [0, 0.05) is 23.7 Å². The van der Waals surface area contributed by atoms with E-state index in [1.807, 2.05) is 31.2 Å². The molecule has 4 aromatic rings. The maximum absolute atomic E-state index is 13.3. The quantitative estimate of drug-likeness (QED) is 0.0935. The number of Topliss-reactive ketones (excluding diaryl/α,β-unsaturated/α-hetero) is 1. The number of aromatic nitrogens is 3. The summed E-state index contributed by atoms with van der Waals surface area (Å²) < 4.78 is 0.638. The topological polar surface area (TPSA) is 96.3 Å². The van der Waals surface area contributed by atoms with Crippen LogP contribution in [0.4, 0.5) is 5.13 Å². The van der Waals surface area contributed by atoms with Gasteiger partial charge in [0.15, 0.2) is 4.34 Å². The molecule has 1 saturated heterocycles. The highest BCUT2D eigenvalue weighted by molar-refractivity contribution is 8.00. The first kappa shape index (κ1) is 25.4. The number of carbonyl (C=O) groups excluding carboxylic acids is 2. The third-order valence-corrected chi connectivity index (χ3v) is 8.61. The summed E-state index contributed by atoms with van der Waals surface area (Å²) in [6.07, 6.45) is 2.98. The standard InChI is InChI=1S/C26H18Cl2N4O3S2/c1-14-2-4-15(5-3-14)13-36-26-31-30-25(37-26)32-21(17-6-7-18(27)19(28)12-17)20(23(34)24(32)35)22(33)16-8-10-29-11-9-16/h2-12,21,33H,13H2,1H3. The third kappa shape index (κ3) is 5.13. The highest BCUT2D eigenvalue weighted by Gasteiger charge is 2.48. The van der Waals surface area contributed by atoms with Crippen LogP contribution in [0.1, 0.15) is 28.3 Å². The fraction of sp³-hybridized carbons (Fsp3) is 0.115. The maximum atomic E-state index is 13.3. The number of anilines is 1. The van der Waals surface area contributed by atoms with Crippen LogP contribution in [0, 0.1) is 6.92 Å². The Hall–Kier alpha value is -3.24. The minimum absolute atomic E-state index is 0.0846. The predicted molar refractivity (Wildman–Crippen MR) is 146 cm³/mol. The van der Waals surface area contributed by atoms with Crippen LogP contribution in [-0.2, 0) is 15.3 Å². The van der Waals surface area contributed by atoms with E-state index in [1.165, 1.54) is 46.0 Å². The molecule has 0 bridgehead atoms. The third-order valence-electron chi connectivity index (χ3n) is 5.74.